The van der Waals surface area contributed by atoms with Gasteiger partial charge in [0.1, 0.15) is 13.2 Å². The first-order valence-corrected chi connectivity index (χ1v) is 17.0. The van der Waals surface area contributed by atoms with Gasteiger partial charge in [-0.3, -0.25) is 10.1 Å². The summed E-state index contributed by atoms with van der Waals surface area (Å²) in [4.78, 5) is 26.6. The number of unbranched alkanes of at least 4 members (excludes halogenated alkanes) is 13. The lowest BCUT2D eigenvalue weighted by Gasteiger charge is -2.16. The number of likely N-dealkylation sites (N-methyl/N-ethyl adjacent to an activating group) is 1. The molecule has 0 bridgehead atoms. The number of hydrogen-bond donors (Lipinski definition) is 1. The molecule has 0 unspecified atom stereocenters. The summed E-state index contributed by atoms with van der Waals surface area (Å²) in [6, 6.07) is 5.47. The van der Waals surface area contributed by atoms with Crippen LogP contribution in [0.25, 0.3) is 0 Å². The van der Waals surface area contributed by atoms with Crippen LogP contribution in [0, 0.1) is 6.92 Å². The molecule has 0 atom stereocenters. The first kappa shape index (κ1) is 38.9. The number of esters is 1. The van der Waals surface area contributed by atoms with Gasteiger partial charge in [0.2, 0.25) is 0 Å². The highest BCUT2D eigenvalue weighted by Gasteiger charge is 2.10. The second-order valence-electron chi connectivity index (χ2n) is 11.5. The zero-order valence-corrected chi connectivity index (χ0v) is 27.9. The van der Waals surface area contributed by atoms with Crippen LogP contribution < -0.4 is 5.32 Å². The van der Waals surface area contributed by atoms with E-state index in [1.54, 1.807) is 6.07 Å². The Hall–Kier alpha value is -2.16. The van der Waals surface area contributed by atoms with E-state index in [1.165, 1.54) is 89.9 Å². The molecule has 0 radical (unpaired) electrons. The van der Waals surface area contributed by atoms with E-state index in [1.807, 2.05) is 26.0 Å². The number of anilines is 1. The molecule has 0 aliphatic rings. The van der Waals surface area contributed by atoms with Gasteiger partial charge in [0.05, 0.1) is 26.2 Å². The summed E-state index contributed by atoms with van der Waals surface area (Å²) in [6.45, 7) is 10.4. The highest BCUT2D eigenvalue weighted by Crippen LogP contribution is 2.18. The largest absolute Gasteiger partial charge is 0.463 e. The zero-order chi connectivity index (χ0) is 31.4. The fourth-order valence-corrected chi connectivity index (χ4v) is 4.84. The molecule has 248 valence electrons. The fourth-order valence-electron chi connectivity index (χ4n) is 4.84. The fraction of sp³-hybridized carbons (Fsp3) is 0.771. The Labute approximate surface area is 262 Å². The van der Waals surface area contributed by atoms with Crippen molar-refractivity contribution >= 4 is 17.7 Å². The molecule has 8 nitrogen and oxygen atoms in total. The van der Waals surface area contributed by atoms with Gasteiger partial charge in [0, 0.05) is 18.8 Å². The molecule has 0 fully saturated rings. The summed E-state index contributed by atoms with van der Waals surface area (Å²) in [6.07, 6.45) is 18.9. The Morgan fingerprint density at radius 3 is 1.91 bits per heavy atom. The van der Waals surface area contributed by atoms with Crippen molar-refractivity contribution in [3.8, 4) is 0 Å². The van der Waals surface area contributed by atoms with E-state index in [9.17, 15) is 9.59 Å². The van der Waals surface area contributed by atoms with Gasteiger partial charge >= 0.3 is 12.1 Å². The standard InChI is InChI=1S/C35H62N2O6/c1-5-7-8-9-10-11-12-13-14-15-16-17-18-19-22-37(4)23-24-41-26-28-43-35(39)36-33-29-32(21-20-31(33)3)30-34(38)42-27-25-40-6-2/h20-21,29H,5-19,22-28,30H2,1-4H3,(H,36,39). The van der Waals surface area contributed by atoms with Crippen molar-refractivity contribution in [3.63, 3.8) is 0 Å². The minimum absolute atomic E-state index is 0.123. The van der Waals surface area contributed by atoms with Gasteiger partial charge in [-0.05, 0) is 51.1 Å². The van der Waals surface area contributed by atoms with Crippen LogP contribution in [0.3, 0.4) is 0 Å². The first-order chi connectivity index (χ1) is 21.0. The third-order valence-corrected chi connectivity index (χ3v) is 7.55. The number of benzene rings is 1. The van der Waals surface area contributed by atoms with E-state index in [0.717, 1.165) is 24.2 Å². The smallest absolute Gasteiger partial charge is 0.411 e. The van der Waals surface area contributed by atoms with E-state index in [-0.39, 0.29) is 25.6 Å². The van der Waals surface area contributed by atoms with Crippen LogP contribution >= 0.6 is 0 Å². The molecule has 0 saturated carbocycles. The summed E-state index contributed by atoms with van der Waals surface area (Å²) < 4.78 is 21.3. The Morgan fingerprint density at radius 1 is 0.698 bits per heavy atom. The summed E-state index contributed by atoms with van der Waals surface area (Å²) in [7, 11) is 2.13. The lowest BCUT2D eigenvalue weighted by atomic mass is 10.0. The number of ether oxygens (including phenoxy) is 4. The van der Waals surface area contributed by atoms with Gasteiger partial charge in [-0.25, -0.2) is 4.79 Å². The average Bonchev–Trinajstić information content (AvgIpc) is 2.99. The maximum absolute atomic E-state index is 12.3. The van der Waals surface area contributed by atoms with Gasteiger partial charge in [-0.1, -0.05) is 103 Å². The number of amides is 1. The van der Waals surface area contributed by atoms with E-state index < -0.39 is 6.09 Å². The molecular formula is C35H62N2O6. The van der Waals surface area contributed by atoms with Gasteiger partial charge < -0.3 is 23.8 Å². The molecular weight excluding hydrogens is 544 g/mol. The summed E-state index contributed by atoms with van der Waals surface area (Å²) >= 11 is 0. The molecule has 1 amide bonds. The van der Waals surface area contributed by atoms with Crippen molar-refractivity contribution in [2.45, 2.75) is 117 Å². The Balaban J connectivity index is 2.01. The average molecular weight is 607 g/mol. The van der Waals surface area contributed by atoms with E-state index in [2.05, 4.69) is 24.2 Å². The van der Waals surface area contributed by atoms with Crippen LogP contribution in [-0.4, -0.2) is 76.7 Å². The second kappa shape index (κ2) is 27.4. The Morgan fingerprint density at radius 2 is 1.28 bits per heavy atom. The molecule has 0 aromatic heterocycles. The van der Waals surface area contributed by atoms with Crippen LogP contribution in [0.2, 0.25) is 0 Å². The minimum atomic E-state index is -0.543. The van der Waals surface area contributed by atoms with E-state index in [4.69, 9.17) is 18.9 Å². The van der Waals surface area contributed by atoms with Crippen LogP contribution in [0.1, 0.15) is 115 Å². The monoisotopic (exact) mass is 606 g/mol. The number of carbonyl (C=O) groups is 2. The summed E-state index contributed by atoms with van der Waals surface area (Å²) in [5.41, 5.74) is 2.24. The van der Waals surface area contributed by atoms with Crippen LogP contribution in [0.15, 0.2) is 18.2 Å². The Kier molecular flexibility index (Phi) is 24.8. The van der Waals surface area contributed by atoms with E-state index >= 15 is 0 Å². The molecule has 0 saturated heterocycles. The number of hydrogen-bond acceptors (Lipinski definition) is 7. The van der Waals surface area contributed by atoms with Crippen molar-refractivity contribution < 1.29 is 28.5 Å². The number of nitrogens with zero attached hydrogens (tertiary/aromatic N) is 1. The van der Waals surface area contributed by atoms with Gasteiger partial charge in [-0.2, -0.15) is 0 Å². The SMILES string of the molecule is CCCCCCCCCCCCCCCCN(C)CCOCCOC(=O)Nc1cc(CC(=O)OCCOCC)ccc1C. The topological polar surface area (TPSA) is 86.3 Å². The number of carbonyl (C=O) groups excluding carboxylic acids is 2. The molecule has 0 aliphatic carbocycles. The Bertz CT molecular complexity index is 835. The highest BCUT2D eigenvalue weighted by atomic mass is 16.6. The zero-order valence-electron chi connectivity index (χ0n) is 27.9. The maximum Gasteiger partial charge on any atom is 0.411 e. The predicted molar refractivity (Wildman–Crippen MR) is 176 cm³/mol. The van der Waals surface area contributed by atoms with Crippen LogP contribution in [0.5, 0.6) is 0 Å². The lowest BCUT2D eigenvalue weighted by molar-refractivity contribution is -0.144. The molecule has 8 heteroatoms. The van der Waals surface area contributed by atoms with Crippen molar-refractivity contribution in [1.29, 1.82) is 0 Å². The van der Waals surface area contributed by atoms with Crippen LogP contribution in [0.4, 0.5) is 10.5 Å². The summed E-state index contributed by atoms with van der Waals surface area (Å²) in [5.74, 6) is -0.334. The van der Waals surface area contributed by atoms with Crippen molar-refractivity contribution in [2.75, 3.05) is 65.1 Å². The summed E-state index contributed by atoms with van der Waals surface area (Å²) in [5, 5.41) is 2.76. The molecule has 0 heterocycles. The third-order valence-electron chi connectivity index (χ3n) is 7.55. The highest BCUT2D eigenvalue weighted by molar-refractivity contribution is 5.86. The first-order valence-electron chi connectivity index (χ1n) is 17.0. The second-order valence-corrected chi connectivity index (χ2v) is 11.5. The molecule has 0 aliphatic heterocycles. The van der Waals surface area contributed by atoms with Gasteiger partial charge in [-0.15, -0.1) is 0 Å². The minimum Gasteiger partial charge on any atom is -0.463 e. The van der Waals surface area contributed by atoms with Gasteiger partial charge in [0.25, 0.3) is 0 Å². The molecule has 1 aromatic carbocycles. The maximum atomic E-state index is 12.3. The molecule has 0 spiro atoms. The van der Waals surface area contributed by atoms with Crippen LogP contribution in [-0.2, 0) is 30.2 Å². The van der Waals surface area contributed by atoms with Crippen molar-refractivity contribution in [2.24, 2.45) is 0 Å². The third kappa shape index (κ3) is 23.0. The van der Waals surface area contributed by atoms with Crippen molar-refractivity contribution in [3.05, 3.63) is 29.3 Å². The molecule has 1 aromatic rings. The molecule has 1 N–H and O–H groups in total. The van der Waals surface area contributed by atoms with E-state index in [0.29, 0.717) is 32.1 Å². The molecule has 1 rings (SSSR count). The number of aryl methyl sites for hydroxylation is 1. The number of nitrogens with one attached hydrogen (secondary N) is 1. The van der Waals surface area contributed by atoms with Crippen molar-refractivity contribution in [1.82, 2.24) is 4.90 Å². The van der Waals surface area contributed by atoms with Gasteiger partial charge in [0.15, 0.2) is 0 Å². The predicted octanol–water partition coefficient (Wildman–Crippen LogP) is 8.10. The normalized spacial score (nSPS) is 11.2. The quantitative estimate of drug-likeness (QED) is 0.0762. The molecule has 43 heavy (non-hydrogen) atoms. The number of rotatable bonds is 28. The lowest BCUT2D eigenvalue weighted by Crippen LogP contribution is -2.25.